The molecule has 0 spiro atoms. The number of aromatic nitrogens is 5. The van der Waals surface area contributed by atoms with Crippen molar-refractivity contribution in [3.05, 3.63) is 399 Å². The van der Waals surface area contributed by atoms with Crippen molar-refractivity contribution in [2.24, 2.45) is 30.9 Å². The highest BCUT2D eigenvalue weighted by molar-refractivity contribution is 6.21. The smallest absolute Gasteiger partial charge is 0.227 e. The zero-order valence-electron chi connectivity index (χ0n) is 77.3. The van der Waals surface area contributed by atoms with Crippen molar-refractivity contribution in [2.45, 2.75) is 141 Å². The fourth-order valence-corrected chi connectivity index (χ4v) is 22.0. The fourth-order valence-electron chi connectivity index (χ4n) is 22.0. The third-order valence-corrected chi connectivity index (χ3v) is 29.0. The maximum atomic E-state index is 12.8. The van der Waals surface area contributed by atoms with Crippen LogP contribution in [-0.2, 0) is 56.7 Å². The summed E-state index contributed by atoms with van der Waals surface area (Å²) in [6.07, 6.45) is 6.84. The molecular weight excluding hydrogens is 1730 g/mol. The van der Waals surface area contributed by atoms with E-state index in [0.29, 0.717) is 83.6 Å². The van der Waals surface area contributed by atoms with E-state index in [9.17, 15) is 34.2 Å². The highest BCUT2D eigenvalue weighted by atomic mass is 16.3. The molecule has 17 aromatic rings. The van der Waals surface area contributed by atoms with E-state index >= 15 is 0 Å². The van der Waals surface area contributed by atoms with Crippen LogP contribution in [0.15, 0.2) is 328 Å². The number of para-hydroxylation sites is 5. The molecular formula is C117H103N15O7. The molecule has 0 unspecified atom stereocenters. The third-order valence-electron chi connectivity index (χ3n) is 29.0. The standard InChI is InChI=1S/2C26H21N3O.C23H23N3O.2C21H19N3O2/c2*30-25-13-12-24(17-6-2-1-3-7-17)29(25)20-11-10-19-16-27-26(21(19)15-20)23-14-18-8-4-5-9-22(18)28-23;1-14(2)21-9-10-22(27)26(21)17-8-7-16-13-24-23(18(16)12-17)20-11-15-5-3-4-6-19(15)25-20;2*25-12-16-7-8-20(26)24(16)15-6-5-14-11-22-21(17(14)10-15)19-9-13-3-1-2-4-18(13)23-19/h2*1-11,14-15,24,28H,12-13,16H2;3-8,11-12,14,21,25H,9-10,13H2,1-2H3;2*1-6,9-10,16,23,25H,7-8,11-12H2/t2*24-;21-;2*16-/m10110/s1. The van der Waals surface area contributed by atoms with Gasteiger partial charge in [-0.25, -0.2) is 0 Å². The van der Waals surface area contributed by atoms with Gasteiger partial charge < -0.3 is 59.6 Å². The molecule has 10 aliphatic rings. The molecule has 5 saturated heterocycles. The number of anilines is 5. The molecule has 0 aliphatic carbocycles. The molecule has 15 heterocycles. The molecule has 7 N–H and O–H groups in total. The average Bonchev–Trinajstić information content (AvgIpc) is 1.64. The Kier molecular flexibility index (Phi) is 23.1. The number of H-pyrrole nitrogens is 5. The van der Waals surface area contributed by atoms with Gasteiger partial charge in [-0.15, -0.1) is 0 Å². The molecule has 22 heteroatoms. The summed E-state index contributed by atoms with van der Waals surface area (Å²) in [4.78, 5) is 113. The van der Waals surface area contributed by atoms with Crippen LogP contribution in [-0.4, -0.2) is 125 Å². The number of aliphatic hydroxyl groups is 2. The Bertz CT molecular complexity index is 7380. The number of carbonyl (C=O) groups is 5. The average molecular weight is 1830 g/mol. The van der Waals surface area contributed by atoms with Crippen LogP contribution in [0.3, 0.4) is 0 Å². The van der Waals surface area contributed by atoms with Crippen LogP contribution in [0.4, 0.5) is 28.4 Å². The summed E-state index contributed by atoms with van der Waals surface area (Å²) in [6, 6.07) is 104. The Labute approximate surface area is 803 Å². The van der Waals surface area contributed by atoms with Crippen LogP contribution in [0.2, 0.25) is 0 Å². The molecule has 27 rings (SSSR count). The van der Waals surface area contributed by atoms with Crippen molar-refractivity contribution in [1.29, 1.82) is 0 Å². The highest BCUT2D eigenvalue weighted by Crippen LogP contribution is 2.44. The molecule has 0 radical (unpaired) electrons. The zero-order valence-corrected chi connectivity index (χ0v) is 77.3. The van der Waals surface area contributed by atoms with Gasteiger partial charge in [-0.1, -0.05) is 196 Å². The number of aliphatic hydroxyl groups excluding tert-OH is 2. The van der Waals surface area contributed by atoms with E-state index in [2.05, 4.69) is 209 Å². The van der Waals surface area contributed by atoms with Gasteiger partial charge in [-0.2, -0.15) is 0 Å². The van der Waals surface area contributed by atoms with E-state index in [1.54, 1.807) is 9.80 Å². The monoisotopic (exact) mass is 1830 g/mol. The van der Waals surface area contributed by atoms with Gasteiger partial charge in [-0.3, -0.25) is 48.9 Å². The Hall–Kier alpha value is -16.0. The van der Waals surface area contributed by atoms with Gasteiger partial charge in [-0.05, 0) is 198 Å². The van der Waals surface area contributed by atoms with Gasteiger partial charge in [0.25, 0.3) is 0 Å². The van der Waals surface area contributed by atoms with Crippen molar-refractivity contribution < 1.29 is 34.2 Å². The van der Waals surface area contributed by atoms with Crippen LogP contribution in [0.25, 0.3) is 54.5 Å². The minimum atomic E-state index is -0.129. The number of aromatic amines is 5. The Morgan fingerprint density at radius 1 is 0.273 bits per heavy atom. The number of fused-ring (bicyclic) bond motifs is 10. The molecule has 12 aromatic carbocycles. The van der Waals surface area contributed by atoms with Crippen LogP contribution in [0.5, 0.6) is 0 Å². The van der Waals surface area contributed by atoms with Crippen LogP contribution in [0, 0.1) is 5.92 Å². The predicted molar refractivity (Wildman–Crippen MR) is 553 cm³/mol. The number of hydrogen-bond donors (Lipinski definition) is 7. The van der Waals surface area contributed by atoms with E-state index in [1.807, 2.05) is 148 Å². The Morgan fingerprint density at radius 3 is 0.784 bits per heavy atom. The van der Waals surface area contributed by atoms with Crippen molar-refractivity contribution >= 4 is 141 Å². The van der Waals surface area contributed by atoms with Gasteiger partial charge >= 0.3 is 0 Å². The van der Waals surface area contributed by atoms with E-state index in [4.69, 9.17) is 25.0 Å². The molecule has 5 atom stereocenters. The number of hydrogen-bond acceptors (Lipinski definition) is 12. The Balaban J connectivity index is 0.0000000973. The second-order valence-corrected chi connectivity index (χ2v) is 37.7. The van der Waals surface area contributed by atoms with Crippen molar-refractivity contribution in [1.82, 2.24) is 24.9 Å². The molecule has 5 aromatic heterocycles. The summed E-state index contributed by atoms with van der Waals surface area (Å²) in [5.74, 6) is 1.20. The van der Waals surface area contributed by atoms with E-state index in [1.165, 1.54) is 44.0 Å². The van der Waals surface area contributed by atoms with Gasteiger partial charge in [0, 0.05) is 149 Å². The third kappa shape index (κ3) is 16.5. The maximum Gasteiger partial charge on any atom is 0.227 e. The first kappa shape index (κ1) is 87.0. The summed E-state index contributed by atoms with van der Waals surface area (Å²) in [7, 11) is 0. The van der Waals surface area contributed by atoms with Crippen LogP contribution >= 0.6 is 0 Å². The molecule has 688 valence electrons. The van der Waals surface area contributed by atoms with E-state index < -0.39 is 0 Å². The number of aliphatic imine (C=N–C) groups is 5. The van der Waals surface area contributed by atoms with Gasteiger partial charge in [0.05, 0.1) is 127 Å². The summed E-state index contributed by atoms with van der Waals surface area (Å²) in [5.41, 5.74) is 33.8. The van der Waals surface area contributed by atoms with Crippen molar-refractivity contribution in [3.63, 3.8) is 0 Å². The summed E-state index contributed by atoms with van der Waals surface area (Å²) < 4.78 is 0. The molecule has 5 amide bonds. The molecule has 10 aliphatic heterocycles. The minimum Gasteiger partial charge on any atom is -0.394 e. The second kappa shape index (κ2) is 36.9. The van der Waals surface area contributed by atoms with Crippen LogP contribution < -0.4 is 24.5 Å². The number of nitrogens with zero attached hydrogens (tertiary/aromatic N) is 10. The number of nitrogens with one attached hydrogen (secondary N) is 5. The van der Waals surface area contributed by atoms with Crippen molar-refractivity contribution in [2.75, 3.05) is 37.7 Å². The van der Waals surface area contributed by atoms with E-state index in [0.717, 1.165) is 182 Å². The van der Waals surface area contributed by atoms with Crippen LogP contribution in [0.1, 0.15) is 185 Å². The normalized spacial score (nSPS) is 18.8. The first-order valence-electron chi connectivity index (χ1n) is 48.4. The lowest BCUT2D eigenvalue weighted by molar-refractivity contribution is -0.118. The number of benzene rings is 12. The highest BCUT2D eigenvalue weighted by Gasteiger charge is 2.40. The molecule has 0 bridgehead atoms. The summed E-state index contributed by atoms with van der Waals surface area (Å²) >= 11 is 0. The first-order chi connectivity index (χ1) is 68.1. The SMILES string of the molecule is CC(C)[C@H]1CCC(=O)N1c1ccc2c(c1)C(c1cc3ccccc3[nH]1)=NC2.O=C1CC[C@@H](CO)N1c1ccc2c(c1)C(c1cc3ccccc3[nH]1)=NC2.O=C1CC[C@@H](c2ccccc2)N1c1ccc2c(c1)C(c1cc3ccccc3[nH]1)=NC2.O=C1CC[C@H](CO)N1c1ccc2c(c1)C(c1cc3ccccc3[nH]1)=NC2.O=C1CC[C@H](c2ccccc2)N1c1ccc2c(c1)C(c1cc3ccccc3[nH]1)=NC2. The maximum absolute atomic E-state index is 12.8. The molecule has 5 fully saturated rings. The van der Waals surface area contributed by atoms with Gasteiger partial charge in [0.2, 0.25) is 29.5 Å². The second-order valence-electron chi connectivity index (χ2n) is 37.7. The fraction of sp³-hybridized carbons (Fsp3) is 0.214. The molecule has 0 saturated carbocycles. The number of carbonyl (C=O) groups excluding carboxylic acids is 5. The first-order valence-corrected chi connectivity index (χ1v) is 48.4. The lowest BCUT2D eigenvalue weighted by Gasteiger charge is -2.28. The minimum absolute atomic E-state index is 0.00815. The van der Waals surface area contributed by atoms with Gasteiger partial charge in [0.1, 0.15) is 0 Å². The van der Waals surface area contributed by atoms with Crippen molar-refractivity contribution in [3.8, 4) is 0 Å². The zero-order chi connectivity index (χ0) is 94.0. The number of rotatable bonds is 15. The summed E-state index contributed by atoms with van der Waals surface area (Å²) in [5, 5.41) is 25.1. The predicted octanol–water partition coefficient (Wildman–Crippen LogP) is 21.5. The lowest BCUT2D eigenvalue weighted by Crippen LogP contribution is -2.36. The largest absolute Gasteiger partial charge is 0.394 e. The topological polar surface area (TPSA) is 283 Å². The number of amides is 5. The van der Waals surface area contributed by atoms with Gasteiger partial charge in [0.15, 0.2) is 0 Å². The quantitative estimate of drug-likeness (QED) is 0.0520. The molecule has 139 heavy (non-hydrogen) atoms. The molecule has 22 nitrogen and oxygen atoms in total. The Morgan fingerprint density at radius 2 is 0.511 bits per heavy atom. The lowest BCUT2D eigenvalue weighted by atomic mass is 9.99. The van der Waals surface area contributed by atoms with E-state index in [-0.39, 0.29) is 73.0 Å². The summed E-state index contributed by atoms with van der Waals surface area (Å²) in [6.45, 7) is 7.73.